The Labute approximate surface area is 98.3 Å². The Balaban J connectivity index is 3.20. The molecule has 0 spiro atoms. The van der Waals surface area contributed by atoms with Crippen LogP contribution in [0.3, 0.4) is 0 Å². The van der Waals surface area contributed by atoms with Gasteiger partial charge in [0.25, 0.3) is 10.0 Å². The third-order valence-electron chi connectivity index (χ3n) is 1.85. The molecule has 17 heavy (non-hydrogen) atoms. The largest absolute Gasteiger partial charge is 0.478 e. The zero-order valence-corrected chi connectivity index (χ0v) is 10.00. The van der Waals surface area contributed by atoms with Crippen molar-refractivity contribution in [3.63, 3.8) is 0 Å². The van der Waals surface area contributed by atoms with E-state index in [0.29, 0.717) is 0 Å². The Bertz CT molecular complexity index is 580. The fourth-order valence-electron chi connectivity index (χ4n) is 1.05. The van der Waals surface area contributed by atoms with Crippen LogP contribution >= 0.6 is 0 Å². The number of aromatic amines is 1. The van der Waals surface area contributed by atoms with E-state index >= 15 is 0 Å². The van der Waals surface area contributed by atoms with E-state index < -0.39 is 32.1 Å². The van der Waals surface area contributed by atoms with Gasteiger partial charge < -0.3 is 5.11 Å². The second-order valence-corrected chi connectivity index (χ2v) is 5.41. The third kappa shape index (κ3) is 2.83. The maximum atomic E-state index is 11.9. The fourth-order valence-corrected chi connectivity index (χ4v) is 2.48. The average molecular weight is 257 g/mol. The number of rotatable bonds is 4. The molecule has 7 nitrogen and oxygen atoms in total. The molecule has 0 aliphatic carbocycles. The van der Waals surface area contributed by atoms with Gasteiger partial charge in [-0.1, -0.05) is 5.92 Å². The summed E-state index contributed by atoms with van der Waals surface area (Å²) in [6, 6.07) is 0. The number of sulfonamides is 1. The van der Waals surface area contributed by atoms with Crippen LogP contribution in [0, 0.1) is 12.3 Å². The number of nitrogens with one attached hydrogen (secondary N) is 2. The molecular weight excluding hydrogens is 246 g/mol. The van der Waals surface area contributed by atoms with E-state index in [1.807, 2.05) is 0 Å². The molecule has 0 unspecified atom stereocenters. The normalized spacial score (nSPS) is 12.1. The maximum Gasteiger partial charge on any atom is 0.340 e. The number of H-pyrrole nitrogens is 1. The third-order valence-corrected chi connectivity index (χ3v) is 3.48. The standard InChI is InChI=1S/C9H11N3O4S/c1-4-9(2,3)12-17(15,16)7-6(8(13)14)5-10-11-7/h1,5,12H,2-3H3,(H,10,11)(H,13,14). The summed E-state index contributed by atoms with van der Waals surface area (Å²) < 4.78 is 25.9. The topological polar surface area (TPSA) is 112 Å². The molecule has 0 atom stereocenters. The predicted octanol–water partition coefficient (Wildman–Crippen LogP) is -0.202. The Hall–Kier alpha value is -1.85. The maximum absolute atomic E-state index is 11.9. The van der Waals surface area contributed by atoms with Crippen molar-refractivity contribution in [2.24, 2.45) is 0 Å². The molecule has 0 amide bonds. The SMILES string of the molecule is C#CC(C)(C)NS(=O)(=O)c1[nH]ncc1C(=O)O. The quantitative estimate of drug-likeness (QED) is 0.646. The van der Waals surface area contributed by atoms with Crippen molar-refractivity contribution in [3.05, 3.63) is 11.8 Å². The molecule has 1 heterocycles. The van der Waals surface area contributed by atoms with Gasteiger partial charge in [-0.25, -0.2) is 13.2 Å². The summed E-state index contributed by atoms with van der Waals surface area (Å²) in [5.74, 6) is 0.845. The number of carbonyl (C=O) groups is 1. The summed E-state index contributed by atoms with van der Waals surface area (Å²) in [4.78, 5) is 10.8. The van der Waals surface area contributed by atoms with Gasteiger partial charge in [-0.05, 0) is 13.8 Å². The van der Waals surface area contributed by atoms with Crippen LogP contribution in [0.15, 0.2) is 11.2 Å². The van der Waals surface area contributed by atoms with Gasteiger partial charge in [-0.2, -0.15) is 9.82 Å². The second-order valence-electron chi connectivity index (χ2n) is 3.79. The minimum Gasteiger partial charge on any atom is -0.478 e. The van der Waals surface area contributed by atoms with Crippen LogP contribution < -0.4 is 4.72 Å². The summed E-state index contributed by atoms with van der Waals surface area (Å²) in [6.07, 6.45) is 6.06. The highest BCUT2D eigenvalue weighted by molar-refractivity contribution is 7.89. The number of carboxylic acid groups (broad SMARTS) is 1. The monoisotopic (exact) mass is 257 g/mol. The first kappa shape index (κ1) is 13.2. The molecular formula is C9H11N3O4S. The smallest absolute Gasteiger partial charge is 0.340 e. The van der Waals surface area contributed by atoms with E-state index in [-0.39, 0.29) is 0 Å². The van der Waals surface area contributed by atoms with Gasteiger partial charge in [-0.3, -0.25) is 5.10 Å². The lowest BCUT2D eigenvalue weighted by atomic mass is 10.1. The van der Waals surface area contributed by atoms with E-state index in [9.17, 15) is 13.2 Å². The van der Waals surface area contributed by atoms with E-state index in [1.54, 1.807) is 0 Å². The first-order valence-electron chi connectivity index (χ1n) is 4.48. The summed E-state index contributed by atoms with van der Waals surface area (Å²) >= 11 is 0. The number of aromatic nitrogens is 2. The zero-order valence-electron chi connectivity index (χ0n) is 9.18. The Kier molecular flexibility index (Phi) is 3.26. The molecule has 0 saturated carbocycles. The molecule has 1 rings (SSSR count). The molecule has 0 bridgehead atoms. The minimum atomic E-state index is -4.05. The van der Waals surface area contributed by atoms with Gasteiger partial charge in [0.15, 0.2) is 5.03 Å². The van der Waals surface area contributed by atoms with Gasteiger partial charge in [0.1, 0.15) is 5.56 Å². The number of hydrogen-bond donors (Lipinski definition) is 3. The summed E-state index contributed by atoms with van der Waals surface area (Å²) in [6.45, 7) is 2.95. The average Bonchev–Trinajstić information content (AvgIpc) is 2.65. The van der Waals surface area contributed by atoms with Crippen molar-refractivity contribution in [2.75, 3.05) is 0 Å². The molecule has 92 valence electrons. The number of hydrogen-bond acceptors (Lipinski definition) is 4. The van der Waals surface area contributed by atoms with Crippen LogP contribution in [0.1, 0.15) is 24.2 Å². The van der Waals surface area contributed by atoms with E-state index in [4.69, 9.17) is 11.5 Å². The summed E-state index contributed by atoms with van der Waals surface area (Å²) in [5, 5.41) is 13.8. The molecule has 0 aliphatic rings. The van der Waals surface area contributed by atoms with Crippen LogP contribution in [-0.4, -0.2) is 35.2 Å². The highest BCUT2D eigenvalue weighted by Gasteiger charge is 2.29. The lowest BCUT2D eigenvalue weighted by Crippen LogP contribution is -2.42. The molecule has 1 aromatic rings. The lowest BCUT2D eigenvalue weighted by molar-refractivity contribution is 0.0692. The van der Waals surface area contributed by atoms with Crippen LogP contribution in [0.5, 0.6) is 0 Å². The van der Waals surface area contributed by atoms with Gasteiger partial charge in [0, 0.05) is 0 Å². The highest BCUT2D eigenvalue weighted by Crippen LogP contribution is 2.14. The Morgan fingerprint density at radius 1 is 1.65 bits per heavy atom. The van der Waals surface area contributed by atoms with Crippen molar-refractivity contribution in [2.45, 2.75) is 24.4 Å². The molecule has 0 fully saturated rings. The van der Waals surface area contributed by atoms with Crippen LogP contribution in [0.2, 0.25) is 0 Å². The van der Waals surface area contributed by atoms with Crippen molar-refractivity contribution in [1.82, 2.24) is 14.9 Å². The van der Waals surface area contributed by atoms with E-state index in [0.717, 1.165) is 6.20 Å². The van der Waals surface area contributed by atoms with Crippen LogP contribution in [0.25, 0.3) is 0 Å². The first-order chi connectivity index (χ1) is 7.69. The molecule has 8 heteroatoms. The van der Waals surface area contributed by atoms with Crippen molar-refractivity contribution in [3.8, 4) is 12.3 Å². The van der Waals surface area contributed by atoms with Crippen molar-refractivity contribution in [1.29, 1.82) is 0 Å². The Morgan fingerprint density at radius 3 is 2.71 bits per heavy atom. The summed E-state index contributed by atoms with van der Waals surface area (Å²) in [5.41, 5.74) is -1.56. The molecule has 0 saturated heterocycles. The molecule has 0 aromatic carbocycles. The summed E-state index contributed by atoms with van der Waals surface area (Å²) in [7, 11) is -4.05. The fraction of sp³-hybridized carbons (Fsp3) is 0.333. The van der Waals surface area contributed by atoms with E-state index in [1.165, 1.54) is 13.8 Å². The highest BCUT2D eigenvalue weighted by atomic mass is 32.2. The van der Waals surface area contributed by atoms with E-state index in [2.05, 4.69) is 20.8 Å². The van der Waals surface area contributed by atoms with Gasteiger partial charge in [0.2, 0.25) is 0 Å². The second kappa shape index (κ2) is 4.20. The number of aromatic carboxylic acids is 1. The predicted molar refractivity (Wildman–Crippen MR) is 58.8 cm³/mol. The molecule has 0 aliphatic heterocycles. The van der Waals surface area contributed by atoms with Crippen LogP contribution in [-0.2, 0) is 10.0 Å². The zero-order chi connectivity index (χ0) is 13.3. The number of nitrogens with zero attached hydrogens (tertiary/aromatic N) is 1. The lowest BCUT2D eigenvalue weighted by Gasteiger charge is -2.18. The molecule has 3 N–H and O–H groups in total. The number of carboxylic acids is 1. The van der Waals surface area contributed by atoms with Gasteiger partial charge >= 0.3 is 5.97 Å². The van der Waals surface area contributed by atoms with Crippen molar-refractivity contribution >= 4 is 16.0 Å². The first-order valence-corrected chi connectivity index (χ1v) is 5.96. The Morgan fingerprint density at radius 2 is 2.24 bits per heavy atom. The minimum absolute atomic E-state index is 0.440. The molecule has 1 aromatic heterocycles. The van der Waals surface area contributed by atoms with Gasteiger partial charge in [-0.15, -0.1) is 6.42 Å². The van der Waals surface area contributed by atoms with Gasteiger partial charge in [0.05, 0.1) is 11.7 Å². The number of terminal acetylenes is 1. The van der Waals surface area contributed by atoms with Crippen LogP contribution in [0.4, 0.5) is 0 Å². The van der Waals surface area contributed by atoms with Crippen molar-refractivity contribution < 1.29 is 18.3 Å². The molecule has 0 radical (unpaired) electrons.